The van der Waals surface area contributed by atoms with E-state index in [1.807, 2.05) is 30.3 Å². The topological polar surface area (TPSA) is 75.1 Å². The maximum absolute atomic E-state index is 10.7. The van der Waals surface area contributed by atoms with Crippen molar-refractivity contribution in [2.24, 2.45) is 0 Å². The Kier molecular flexibility index (Phi) is 3.65. The molecule has 4 rings (SSSR count). The second-order valence-electron chi connectivity index (χ2n) is 6.17. The van der Waals surface area contributed by atoms with E-state index in [-0.39, 0.29) is 10.6 Å². The highest BCUT2D eigenvalue weighted by atomic mass is 16.6. The number of non-ortho nitro benzene ring substituents is 1. The number of hydrogen-bond acceptors (Lipinski definition) is 4. The fourth-order valence-electron chi connectivity index (χ4n) is 3.36. The summed E-state index contributed by atoms with van der Waals surface area (Å²) in [6.45, 7) is 1.86. The zero-order valence-corrected chi connectivity index (χ0v) is 13.2. The quantitative estimate of drug-likeness (QED) is 0.587. The highest BCUT2D eigenvalue weighted by Crippen LogP contribution is 2.30. The van der Waals surface area contributed by atoms with Crippen LogP contribution in [0.4, 0.5) is 11.4 Å². The standard InChI is InChI=1S/C18H18N4O2/c23-22(24)15-7-5-14(6-8-15)21-11-9-13(10-12-21)18-19-16-3-1-2-4-17(16)20-18/h1-8,13H,9-12H2,(H,19,20). The van der Waals surface area contributed by atoms with Crippen LogP contribution in [0.3, 0.4) is 0 Å². The fourth-order valence-corrected chi connectivity index (χ4v) is 3.36. The molecule has 1 aliphatic heterocycles. The molecule has 1 fully saturated rings. The molecule has 0 bridgehead atoms. The Balaban J connectivity index is 1.45. The Morgan fingerprint density at radius 3 is 2.46 bits per heavy atom. The minimum absolute atomic E-state index is 0.135. The number of aromatic amines is 1. The monoisotopic (exact) mass is 322 g/mol. The molecule has 6 heteroatoms. The number of hydrogen-bond donors (Lipinski definition) is 1. The number of nitro benzene ring substituents is 1. The highest BCUT2D eigenvalue weighted by Gasteiger charge is 2.23. The molecule has 0 unspecified atom stereocenters. The molecular weight excluding hydrogens is 304 g/mol. The van der Waals surface area contributed by atoms with E-state index in [9.17, 15) is 10.1 Å². The lowest BCUT2D eigenvalue weighted by atomic mass is 9.96. The van der Waals surface area contributed by atoms with Gasteiger partial charge in [0, 0.05) is 36.8 Å². The summed E-state index contributed by atoms with van der Waals surface area (Å²) in [6.07, 6.45) is 2.05. The highest BCUT2D eigenvalue weighted by molar-refractivity contribution is 5.74. The first-order valence-corrected chi connectivity index (χ1v) is 8.15. The van der Waals surface area contributed by atoms with E-state index in [0.717, 1.165) is 48.5 Å². The van der Waals surface area contributed by atoms with Crippen molar-refractivity contribution in [2.45, 2.75) is 18.8 Å². The van der Waals surface area contributed by atoms with Gasteiger partial charge in [0.15, 0.2) is 0 Å². The number of nitrogens with zero attached hydrogens (tertiary/aromatic N) is 3. The van der Waals surface area contributed by atoms with Gasteiger partial charge < -0.3 is 9.88 Å². The van der Waals surface area contributed by atoms with Crippen LogP contribution in [0.25, 0.3) is 11.0 Å². The number of aromatic nitrogens is 2. The van der Waals surface area contributed by atoms with Gasteiger partial charge in [0.1, 0.15) is 5.82 Å². The third-order valence-corrected chi connectivity index (χ3v) is 4.72. The van der Waals surface area contributed by atoms with Crippen LogP contribution in [0, 0.1) is 10.1 Å². The number of nitro groups is 1. The molecule has 0 aliphatic carbocycles. The molecule has 1 aromatic heterocycles. The molecule has 2 aromatic carbocycles. The second-order valence-corrected chi connectivity index (χ2v) is 6.17. The number of nitrogens with one attached hydrogen (secondary N) is 1. The summed E-state index contributed by atoms with van der Waals surface area (Å²) < 4.78 is 0. The summed E-state index contributed by atoms with van der Waals surface area (Å²) >= 11 is 0. The van der Waals surface area contributed by atoms with Gasteiger partial charge in [0.25, 0.3) is 5.69 Å². The van der Waals surface area contributed by atoms with Gasteiger partial charge in [-0.3, -0.25) is 10.1 Å². The Bertz CT molecular complexity index is 831. The number of H-pyrrole nitrogens is 1. The Labute approximate surface area is 139 Å². The van der Waals surface area contributed by atoms with Crippen LogP contribution in [-0.2, 0) is 0 Å². The normalized spacial score (nSPS) is 15.8. The molecule has 0 radical (unpaired) electrons. The van der Waals surface area contributed by atoms with Gasteiger partial charge >= 0.3 is 0 Å². The van der Waals surface area contributed by atoms with Crippen molar-refractivity contribution in [1.29, 1.82) is 0 Å². The number of fused-ring (bicyclic) bond motifs is 1. The summed E-state index contributed by atoms with van der Waals surface area (Å²) in [5.41, 5.74) is 3.29. The van der Waals surface area contributed by atoms with Crippen molar-refractivity contribution >= 4 is 22.4 Å². The Morgan fingerprint density at radius 2 is 1.79 bits per heavy atom. The third kappa shape index (κ3) is 2.71. The van der Waals surface area contributed by atoms with Crippen LogP contribution < -0.4 is 4.90 Å². The van der Waals surface area contributed by atoms with Crippen LogP contribution in [0.2, 0.25) is 0 Å². The number of piperidine rings is 1. The van der Waals surface area contributed by atoms with Crippen molar-refractivity contribution in [3.8, 4) is 0 Å². The van der Waals surface area contributed by atoms with Crippen molar-refractivity contribution < 1.29 is 4.92 Å². The van der Waals surface area contributed by atoms with Gasteiger partial charge in [-0.2, -0.15) is 0 Å². The Morgan fingerprint density at radius 1 is 1.08 bits per heavy atom. The summed E-state index contributed by atoms with van der Waals surface area (Å²) in [5.74, 6) is 1.51. The van der Waals surface area contributed by atoms with E-state index in [1.54, 1.807) is 12.1 Å². The second kappa shape index (κ2) is 5.96. The van der Waals surface area contributed by atoms with Crippen LogP contribution in [0.15, 0.2) is 48.5 Å². The molecule has 122 valence electrons. The zero-order valence-electron chi connectivity index (χ0n) is 13.2. The molecule has 2 heterocycles. The average Bonchev–Trinajstić information content (AvgIpc) is 3.06. The van der Waals surface area contributed by atoms with Crippen LogP contribution in [0.5, 0.6) is 0 Å². The number of imidazole rings is 1. The van der Waals surface area contributed by atoms with E-state index < -0.39 is 0 Å². The number of anilines is 1. The van der Waals surface area contributed by atoms with E-state index in [2.05, 4.69) is 16.0 Å². The van der Waals surface area contributed by atoms with Crippen LogP contribution in [0.1, 0.15) is 24.6 Å². The van der Waals surface area contributed by atoms with Gasteiger partial charge in [-0.25, -0.2) is 4.98 Å². The van der Waals surface area contributed by atoms with E-state index >= 15 is 0 Å². The molecule has 1 aliphatic rings. The molecule has 0 spiro atoms. The van der Waals surface area contributed by atoms with Gasteiger partial charge in [-0.1, -0.05) is 12.1 Å². The van der Waals surface area contributed by atoms with Crippen molar-refractivity contribution in [3.63, 3.8) is 0 Å². The first-order valence-electron chi connectivity index (χ1n) is 8.15. The molecule has 0 atom stereocenters. The molecule has 6 nitrogen and oxygen atoms in total. The number of rotatable bonds is 3. The zero-order chi connectivity index (χ0) is 16.5. The molecule has 0 saturated carbocycles. The summed E-state index contributed by atoms with van der Waals surface area (Å²) in [5, 5.41) is 10.7. The predicted molar refractivity (Wildman–Crippen MR) is 93.4 cm³/mol. The maximum Gasteiger partial charge on any atom is 0.269 e. The summed E-state index contributed by atoms with van der Waals surface area (Å²) in [4.78, 5) is 20.8. The minimum atomic E-state index is -0.364. The lowest BCUT2D eigenvalue weighted by Crippen LogP contribution is -2.33. The summed E-state index contributed by atoms with van der Waals surface area (Å²) in [6, 6.07) is 14.9. The molecule has 24 heavy (non-hydrogen) atoms. The summed E-state index contributed by atoms with van der Waals surface area (Å²) in [7, 11) is 0. The van der Waals surface area contributed by atoms with Gasteiger partial charge in [-0.15, -0.1) is 0 Å². The molecule has 3 aromatic rings. The van der Waals surface area contributed by atoms with Crippen LogP contribution in [-0.4, -0.2) is 28.0 Å². The third-order valence-electron chi connectivity index (χ3n) is 4.72. The van der Waals surface area contributed by atoms with E-state index in [4.69, 9.17) is 4.98 Å². The average molecular weight is 322 g/mol. The molecule has 0 amide bonds. The maximum atomic E-state index is 10.7. The molecular formula is C18H18N4O2. The Hall–Kier alpha value is -2.89. The minimum Gasteiger partial charge on any atom is -0.371 e. The predicted octanol–water partition coefficient (Wildman–Crippen LogP) is 3.86. The molecule has 1 saturated heterocycles. The van der Waals surface area contributed by atoms with Crippen LogP contribution >= 0.6 is 0 Å². The smallest absolute Gasteiger partial charge is 0.269 e. The van der Waals surface area contributed by atoms with Crippen molar-refractivity contribution in [3.05, 3.63) is 64.5 Å². The van der Waals surface area contributed by atoms with Gasteiger partial charge in [0.2, 0.25) is 0 Å². The van der Waals surface area contributed by atoms with Gasteiger partial charge in [-0.05, 0) is 37.1 Å². The largest absolute Gasteiger partial charge is 0.371 e. The first kappa shape index (κ1) is 14.7. The number of benzene rings is 2. The van der Waals surface area contributed by atoms with Gasteiger partial charge in [0.05, 0.1) is 16.0 Å². The van der Waals surface area contributed by atoms with Crippen molar-refractivity contribution in [2.75, 3.05) is 18.0 Å². The molecule has 1 N–H and O–H groups in total. The lowest BCUT2D eigenvalue weighted by molar-refractivity contribution is -0.384. The number of para-hydroxylation sites is 2. The van der Waals surface area contributed by atoms with E-state index in [1.165, 1.54) is 0 Å². The van der Waals surface area contributed by atoms with E-state index in [0.29, 0.717) is 5.92 Å². The SMILES string of the molecule is O=[N+]([O-])c1ccc(N2CCC(c3nc4ccccc4[nH]3)CC2)cc1. The van der Waals surface area contributed by atoms with Crippen molar-refractivity contribution in [1.82, 2.24) is 9.97 Å². The first-order chi connectivity index (χ1) is 11.7. The lowest BCUT2D eigenvalue weighted by Gasteiger charge is -2.32. The fraction of sp³-hybridized carbons (Fsp3) is 0.278.